The molecule has 1 saturated carbocycles. The lowest BCUT2D eigenvalue weighted by molar-refractivity contribution is 0.156. The third kappa shape index (κ3) is 4.86. The van der Waals surface area contributed by atoms with Crippen LogP contribution in [0, 0.1) is 5.92 Å². The molecule has 0 amide bonds. The highest BCUT2D eigenvalue weighted by Crippen LogP contribution is 2.29. The number of rotatable bonds is 7. The van der Waals surface area contributed by atoms with Gasteiger partial charge in [-0.25, -0.2) is 0 Å². The van der Waals surface area contributed by atoms with Crippen molar-refractivity contribution in [3.63, 3.8) is 0 Å². The molecule has 1 aliphatic rings. The Labute approximate surface area is 130 Å². The number of furan rings is 1. The summed E-state index contributed by atoms with van der Waals surface area (Å²) in [6.07, 6.45) is 8.69. The van der Waals surface area contributed by atoms with E-state index in [4.69, 9.17) is 4.42 Å². The van der Waals surface area contributed by atoms with Crippen LogP contribution in [0.1, 0.15) is 64.2 Å². The van der Waals surface area contributed by atoms with Crippen molar-refractivity contribution in [2.45, 2.75) is 78.0 Å². The Kier molecular flexibility index (Phi) is 6.31. The van der Waals surface area contributed by atoms with Gasteiger partial charge in [-0.2, -0.15) is 0 Å². The van der Waals surface area contributed by atoms with Crippen molar-refractivity contribution >= 4 is 0 Å². The molecule has 3 nitrogen and oxygen atoms in total. The van der Waals surface area contributed by atoms with Crippen molar-refractivity contribution in [3.05, 3.63) is 23.7 Å². The molecular formula is C18H32N2O. The van der Waals surface area contributed by atoms with Crippen LogP contribution in [0.3, 0.4) is 0 Å². The molecule has 1 fully saturated rings. The van der Waals surface area contributed by atoms with E-state index in [1.165, 1.54) is 37.7 Å². The fourth-order valence-electron chi connectivity index (χ4n) is 3.35. The zero-order chi connectivity index (χ0) is 15.2. The standard InChI is InChI=1S/C18H32N2O/c1-5-15-6-8-17(9-7-15)20(4)13-16-10-11-21-18(16)12-19-14(2)3/h10-11,14-15,17,19H,5-9,12-13H2,1-4H3. The first kappa shape index (κ1) is 16.6. The summed E-state index contributed by atoms with van der Waals surface area (Å²) in [5, 5.41) is 3.44. The summed E-state index contributed by atoms with van der Waals surface area (Å²) < 4.78 is 5.65. The molecule has 0 saturated heterocycles. The van der Waals surface area contributed by atoms with E-state index < -0.39 is 0 Å². The molecule has 1 aromatic rings. The largest absolute Gasteiger partial charge is 0.468 e. The minimum Gasteiger partial charge on any atom is -0.468 e. The van der Waals surface area contributed by atoms with Crippen LogP contribution >= 0.6 is 0 Å². The van der Waals surface area contributed by atoms with Gasteiger partial charge in [0.25, 0.3) is 0 Å². The van der Waals surface area contributed by atoms with Crippen LogP contribution < -0.4 is 5.32 Å². The summed E-state index contributed by atoms with van der Waals surface area (Å²) in [7, 11) is 2.27. The van der Waals surface area contributed by atoms with Gasteiger partial charge in [-0.3, -0.25) is 4.90 Å². The maximum absolute atomic E-state index is 5.65. The van der Waals surface area contributed by atoms with Crippen LogP contribution in [-0.4, -0.2) is 24.0 Å². The monoisotopic (exact) mass is 292 g/mol. The first-order valence-electron chi connectivity index (χ1n) is 8.59. The van der Waals surface area contributed by atoms with Crippen molar-refractivity contribution < 1.29 is 4.42 Å². The van der Waals surface area contributed by atoms with Gasteiger partial charge in [-0.05, 0) is 44.7 Å². The summed E-state index contributed by atoms with van der Waals surface area (Å²) in [4.78, 5) is 2.52. The van der Waals surface area contributed by atoms with E-state index in [1.807, 2.05) is 6.26 Å². The summed E-state index contributed by atoms with van der Waals surface area (Å²) in [5.74, 6) is 2.06. The van der Waals surface area contributed by atoms with E-state index in [0.717, 1.165) is 30.8 Å². The Hall–Kier alpha value is -0.800. The molecule has 0 spiro atoms. The van der Waals surface area contributed by atoms with Gasteiger partial charge in [-0.1, -0.05) is 27.2 Å². The Balaban J connectivity index is 1.85. The first-order chi connectivity index (χ1) is 10.1. The van der Waals surface area contributed by atoms with Gasteiger partial charge < -0.3 is 9.73 Å². The van der Waals surface area contributed by atoms with Crippen LogP contribution in [0.4, 0.5) is 0 Å². The highest BCUT2D eigenvalue weighted by molar-refractivity contribution is 5.17. The third-order valence-corrected chi connectivity index (χ3v) is 4.95. The molecule has 0 bridgehead atoms. The van der Waals surface area contributed by atoms with Gasteiger partial charge in [0, 0.05) is 24.2 Å². The molecule has 0 aromatic carbocycles. The number of hydrogen-bond acceptors (Lipinski definition) is 3. The Morgan fingerprint density at radius 3 is 2.62 bits per heavy atom. The van der Waals surface area contributed by atoms with Crippen molar-refractivity contribution in [1.82, 2.24) is 10.2 Å². The van der Waals surface area contributed by atoms with Crippen molar-refractivity contribution in [1.29, 1.82) is 0 Å². The molecule has 21 heavy (non-hydrogen) atoms. The Morgan fingerprint density at radius 2 is 2.00 bits per heavy atom. The predicted octanol–water partition coefficient (Wildman–Crippen LogP) is 4.18. The molecule has 0 unspecified atom stereocenters. The van der Waals surface area contributed by atoms with Gasteiger partial charge in [0.05, 0.1) is 12.8 Å². The van der Waals surface area contributed by atoms with Crippen molar-refractivity contribution in [3.8, 4) is 0 Å². The van der Waals surface area contributed by atoms with E-state index in [9.17, 15) is 0 Å². The normalized spacial score (nSPS) is 23.1. The number of nitrogens with one attached hydrogen (secondary N) is 1. The molecule has 0 radical (unpaired) electrons. The molecule has 1 aromatic heterocycles. The van der Waals surface area contributed by atoms with Crippen molar-refractivity contribution in [2.24, 2.45) is 5.92 Å². The van der Waals surface area contributed by atoms with E-state index in [-0.39, 0.29) is 0 Å². The molecule has 120 valence electrons. The fraction of sp³-hybridized carbons (Fsp3) is 0.778. The van der Waals surface area contributed by atoms with Gasteiger partial charge in [0.15, 0.2) is 0 Å². The molecule has 3 heteroatoms. The predicted molar refractivity (Wildman–Crippen MR) is 88.2 cm³/mol. The minimum atomic E-state index is 0.491. The zero-order valence-electron chi connectivity index (χ0n) is 14.2. The van der Waals surface area contributed by atoms with Gasteiger partial charge in [-0.15, -0.1) is 0 Å². The van der Waals surface area contributed by atoms with Gasteiger partial charge in [0.1, 0.15) is 5.76 Å². The van der Waals surface area contributed by atoms with Gasteiger partial charge in [0.2, 0.25) is 0 Å². The van der Waals surface area contributed by atoms with E-state index in [2.05, 4.69) is 44.1 Å². The molecule has 1 aliphatic carbocycles. The summed E-state index contributed by atoms with van der Waals surface area (Å²) >= 11 is 0. The Bertz CT molecular complexity index is 405. The molecule has 1 N–H and O–H groups in total. The topological polar surface area (TPSA) is 28.4 Å². The zero-order valence-corrected chi connectivity index (χ0v) is 14.2. The average molecular weight is 292 g/mol. The SMILES string of the molecule is CCC1CCC(N(C)Cc2ccoc2CNC(C)C)CC1. The highest BCUT2D eigenvalue weighted by Gasteiger charge is 2.23. The quantitative estimate of drug-likeness (QED) is 0.817. The molecule has 2 rings (SSSR count). The van der Waals surface area contributed by atoms with Gasteiger partial charge >= 0.3 is 0 Å². The van der Waals surface area contributed by atoms with Crippen molar-refractivity contribution in [2.75, 3.05) is 7.05 Å². The van der Waals surface area contributed by atoms with Crippen LogP contribution in [0.25, 0.3) is 0 Å². The van der Waals surface area contributed by atoms with Crippen LogP contribution in [0.15, 0.2) is 16.7 Å². The lowest BCUT2D eigenvalue weighted by Gasteiger charge is -2.34. The third-order valence-electron chi connectivity index (χ3n) is 4.95. The number of nitrogens with zero attached hydrogens (tertiary/aromatic N) is 1. The smallest absolute Gasteiger partial charge is 0.122 e. The lowest BCUT2D eigenvalue weighted by atomic mass is 9.84. The molecular weight excluding hydrogens is 260 g/mol. The second-order valence-corrected chi connectivity index (χ2v) is 6.90. The Morgan fingerprint density at radius 1 is 1.29 bits per heavy atom. The van der Waals surface area contributed by atoms with Crippen LogP contribution in [0.5, 0.6) is 0 Å². The highest BCUT2D eigenvalue weighted by atomic mass is 16.3. The van der Waals surface area contributed by atoms with Crippen LogP contribution in [0.2, 0.25) is 0 Å². The first-order valence-corrected chi connectivity index (χ1v) is 8.59. The molecule has 0 aliphatic heterocycles. The average Bonchev–Trinajstić information content (AvgIpc) is 2.92. The summed E-state index contributed by atoms with van der Waals surface area (Å²) in [6.45, 7) is 8.50. The molecule has 0 atom stereocenters. The maximum atomic E-state index is 5.65. The fourth-order valence-corrected chi connectivity index (χ4v) is 3.35. The summed E-state index contributed by atoms with van der Waals surface area (Å²) in [6, 6.07) is 3.37. The lowest BCUT2D eigenvalue weighted by Crippen LogP contribution is -2.35. The molecule has 1 heterocycles. The van der Waals surface area contributed by atoms with Crippen LogP contribution in [-0.2, 0) is 13.1 Å². The summed E-state index contributed by atoms with van der Waals surface area (Å²) in [5.41, 5.74) is 1.34. The number of hydrogen-bond donors (Lipinski definition) is 1. The second kappa shape index (κ2) is 8.00. The maximum Gasteiger partial charge on any atom is 0.122 e. The minimum absolute atomic E-state index is 0.491. The van der Waals surface area contributed by atoms with E-state index in [1.54, 1.807) is 0 Å². The van der Waals surface area contributed by atoms with E-state index in [0.29, 0.717) is 6.04 Å². The van der Waals surface area contributed by atoms with E-state index >= 15 is 0 Å². The second-order valence-electron chi connectivity index (χ2n) is 6.90.